The first-order valence-corrected chi connectivity index (χ1v) is 11.4. The lowest BCUT2D eigenvalue weighted by molar-refractivity contribution is -0.136. The summed E-state index contributed by atoms with van der Waals surface area (Å²) in [5, 5.41) is 20.7. The highest BCUT2D eigenvalue weighted by atomic mass is 16.2. The van der Waals surface area contributed by atoms with Crippen LogP contribution in [0.4, 0.5) is 5.69 Å². The van der Waals surface area contributed by atoms with Crippen LogP contribution in [-0.2, 0) is 16.1 Å². The highest BCUT2D eigenvalue weighted by Gasteiger charge is 2.39. The van der Waals surface area contributed by atoms with E-state index < -0.39 is 17.9 Å². The van der Waals surface area contributed by atoms with Gasteiger partial charge in [0.2, 0.25) is 11.8 Å². The summed E-state index contributed by atoms with van der Waals surface area (Å²) in [4.78, 5) is 50.9. The molecular formula is C24H19N9O4. The fourth-order valence-corrected chi connectivity index (χ4v) is 4.47. The number of hydrogen-bond acceptors (Lipinski definition) is 8. The minimum absolute atomic E-state index is 0.108. The maximum atomic E-state index is 12.9. The Morgan fingerprint density at radius 3 is 2.68 bits per heavy atom. The second-order valence-electron chi connectivity index (χ2n) is 8.66. The van der Waals surface area contributed by atoms with Gasteiger partial charge in [-0.25, -0.2) is 4.68 Å². The molecule has 184 valence electrons. The second-order valence-corrected chi connectivity index (χ2v) is 8.66. The van der Waals surface area contributed by atoms with Crippen LogP contribution in [0.1, 0.15) is 39.3 Å². The highest BCUT2D eigenvalue weighted by molar-refractivity contribution is 6.05. The van der Waals surface area contributed by atoms with Gasteiger partial charge < -0.3 is 10.2 Å². The van der Waals surface area contributed by atoms with Gasteiger partial charge in [0.05, 0.1) is 17.6 Å². The molecule has 2 N–H and O–H groups in total. The molecule has 1 unspecified atom stereocenters. The summed E-state index contributed by atoms with van der Waals surface area (Å²) in [6.45, 7) is 0.235. The number of anilines is 1. The molecule has 0 aliphatic carbocycles. The third kappa shape index (κ3) is 4.11. The number of aromatic nitrogens is 6. The molecule has 0 spiro atoms. The largest absolute Gasteiger partial charge is 0.322 e. The molecule has 13 heteroatoms. The number of nitrogens with one attached hydrogen (secondary N) is 2. The number of hydrogen-bond donors (Lipinski definition) is 2. The van der Waals surface area contributed by atoms with Gasteiger partial charge >= 0.3 is 0 Å². The number of nitrogens with zero attached hydrogens (tertiary/aromatic N) is 7. The number of benzene rings is 2. The first-order chi connectivity index (χ1) is 18.0. The highest BCUT2D eigenvalue weighted by Crippen LogP contribution is 2.29. The van der Waals surface area contributed by atoms with Gasteiger partial charge in [-0.2, -0.15) is 0 Å². The average molecular weight is 497 g/mol. The van der Waals surface area contributed by atoms with Gasteiger partial charge in [-0.1, -0.05) is 11.3 Å². The smallest absolute Gasteiger partial charge is 0.277 e. The van der Waals surface area contributed by atoms with E-state index in [-0.39, 0.29) is 30.5 Å². The zero-order chi connectivity index (χ0) is 25.5. The molecule has 0 radical (unpaired) electrons. The van der Waals surface area contributed by atoms with Crippen molar-refractivity contribution in [2.24, 2.45) is 0 Å². The van der Waals surface area contributed by atoms with Crippen molar-refractivity contribution < 1.29 is 19.2 Å². The number of rotatable bonds is 5. The molecule has 2 aromatic carbocycles. The van der Waals surface area contributed by atoms with Crippen LogP contribution in [0.5, 0.6) is 0 Å². The molecule has 0 bridgehead atoms. The van der Waals surface area contributed by atoms with E-state index in [4.69, 9.17) is 0 Å². The predicted molar refractivity (Wildman–Crippen MR) is 127 cm³/mol. The van der Waals surface area contributed by atoms with Gasteiger partial charge in [0.25, 0.3) is 11.8 Å². The van der Waals surface area contributed by atoms with E-state index in [0.717, 1.165) is 11.3 Å². The van der Waals surface area contributed by atoms with Crippen LogP contribution >= 0.6 is 0 Å². The van der Waals surface area contributed by atoms with Crippen molar-refractivity contribution in [1.29, 1.82) is 0 Å². The molecule has 4 aromatic rings. The molecule has 1 fully saturated rings. The first-order valence-electron chi connectivity index (χ1n) is 11.4. The zero-order valence-electron chi connectivity index (χ0n) is 19.2. The van der Waals surface area contributed by atoms with E-state index in [1.54, 1.807) is 53.6 Å². The molecule has 1 saturated heterocycles. The first kappa shape index (κ1) is 22.3. The molecule has 2 aliphatic rings. The Morgan fingerprint density at radius 1 is 1.03 bits per heavy atom. The third-order valence-electron chi connectivity index (χ3n) is 6.32. The Balaban J connectivity index is 1.18. The van der Waals surface area contributed by atoms with Crippen LogP contribution in [0.2, 0.25) is 0 Å². The van der Waals surface area contributed by atoms with E-state index in [1.807, 2.05) is 6.07 Å². The van der Waals surface area contributed by atoms with Crippen molar-refractivity contribution >= 4 is 29.3 Å². The molecule has 4 amide bonds. The standard InChI is InChI=1S/C24H19N9O4/c34-21-7-6-20(23(36)28-21)32-10-14-8-17(4-5-18(14)24(32)37)33-11-19(29-30-33)22(35)27-15-2-1-3-16(9-15)31-12-25-26-13-31/h1-5,8-9,11-13,20H,6-7,10H2,(H,27,35)(H,28,34,36). The van der Waals surface area contributed by atoms with Crippen LogP contribution in [-0.4, -0.2) is 64.3 Å². The topological polar surface area (TPSA) is 157 Å². The van der Waals surface area contributed by atoms with Crippen LogP contribution in [0.15, 0.2) is 61.3 Å². The third-order valence-corrected chi connectivity index (χ3v) is 6.32. The summed E-state index contributed by atoms with van der Waals surface area (Å²) in [5.41, 5.74) is 3.27. The predicted octanol–water partition coefficient (Wildman–Crippen LogP) is 0.861. The van der Waals surface area contributed by atoms with Crippen LogP contribution in [0.3, 0.4) is 0 Å². The monoisotopic (exact) mass is 497 g/mol. The summed E-state index contributed by atoms with van der Waals surface area (Å²) >= 11 is 0. The molecule has 0 saturated carbocycles. The van der Waals surface area contributed by atoms with Gasteiger partial charge in [-0.15, -0.1) is 15.3 Å². The van der Waals surface area contributed by atoms with Crippen molar-refractivity contribution in [3.05, 3.63) is 78.1 Å². The van der Waals surface area contributed by atoms with Gasteiger partial charge in [-0.3, -0.25) is 29.1 Å². The minimum Gasteiger partial charge on any atom is -0.322 e. The fraction of sp³-hybridized carbons (Fsp3) is 0.167. The van der Waals surface area contributed by atoms with E-state index in [1.165, 1.54) is 15.8 Å². The zero-order valence-corrected chi connectivity index (χ0v) is 19.2. The van der Waals surface area contributed by atoms with Crippen LogP contribution in [0, 0.1) is 0 Å². The van der Waals surface area contributed by atoms with Gasteiger partial charge in [0.15, 0.2) is 5.69 Å². The number of carbonyl (C=O) groups excluding carboxylic acids is 4. The van der Waals surface area contributed by atoms with E-state index in [0.29, 0.717) is 23.4 Å². The number of imide groups is 1. The summed E-state index contributed by atoms with van der Waals surface area (Å²) in [6, 6.07) is 11.6. The lowest BCUT2D eigenvalue weighted by atomic mass is 10.0. The number of carbonyl (C=O) groups is 4. The van der Waals surface area contributed by atoms with Crippen molar-refractivity contribution in [1.82, 2.24) is 40.0 Å². The average Bonchev–Trinajstić information content (AvgIpc) is 3.65. The summed E-state index contributed by atoms with van der Waals surface area (Å²) in [7, 11) is 0. The summed E-state index contributed by atoms with van der Waals surface area (Å²) in [5.74, 6) is -1.49. The normalized spacial score (nSPS) is 17.0. The number of fused-ring (bicyclic) bond motifs is 1. The quantitative estimate of drug-likeness (QED) is 0.385. The summed E-state index contributed by atoms with van der Waals surface area (Å²) < 4.78 is 3.16. The molecule has 37 heavy (non-hydrogen) atoms. The van der Waals surface area contributed by atoms with Crippen LogP contribution in [0.25, 0.3) is 11.4 Å². The molecule has 6 rings (SSSR count). The lowest BCUT2D eigenvalue weighted by Crippen LogP contribution is -2.52. The Morgan fingerprint density at radius 2 is 1.86 bits per heavy atom. The molecule has 4 heterocycles. The van der Waals surface area contributed by atoms with E-state index >= 15 is 0 Å². The maximum absolute atomic E-state index is 12.9. The SMILES string of the molecule is O=C1CCC(N2Cc3cc(-n4cc(C(=O)Nc5cccc(-n6cnnc6)c5)nn4)ccc3C2=O)C(=O)N1. The van der Waals surface area contributed by atoms with E-state index in [9.17, 15) is 19.2 Å². The van der Waals surface area contributed by atoms with Crippen LogP contribution < -0.4 is 10.6 Å². The van der Waals surface area contributed by atoms with Gasteiger partial charge in [0, 0.05) is 24.2 Å². The Kier molecular flexibility index (Phi) is 5.29. The minimum atomic E-state index is -0.689. The van der Waals surface area contributed by atoms with Gasteiger partial charge in [-0.05, 0) is 48.4 Å². The Bertz CT molecular complexity index is 1560. The van der Waals surface area contributed by atoms with Gasteiger partial charge in [0.1, 0.15) is 18.7 Å². The number of amides is 4. The van der Waals surface area contributed by atoms with Crippen molar-refractivity contribution in [2.45, 2.75) is 25.4 Å². The fourth-order valence-electron chi connectivity index (χ4n) is 4.47. The molecule has 2 aliphatic heterocycles. The molecule has 1 atom stereocenters. The second kappa shape index (κ2) is 8.78. The molecule has 13 nitrogen and oxygen atoms in total. The summed E-state index contributed by atoms with van der Waals surface area (Å²) in [6.07, 6.45) is 5.09. The molecular weight excluding hydrogens is 478 g/mol. The van der Waals surface area contributed by atoms with Crippen molar-refractivity contribution in [3.63, 3.8) is 0 Å². The number of piperidine rings is 1. The van der Waals surface area contributed by atoms with E-state index in [2.05, 4.69) is 31.1 Å². The van der Waals surface area contributed by atoms with Crippen molar-refractivity contribution in [2.75, 3.05) is 5.32 Å². The van der Waals surface area contributed by atoms with Crippen molar-refractivity contribution in [3.8, 4) is 11.4 Å². The Hall–Kier alpha value is -5.20. The lowest BCUT2D eigenvalue weighted by Gasteiger charge is -2.29. The maximum Gasteiger partial charge on any atom is 0.277 e. The Labute approximate surface area is 209 Å². The molecule has 2 aromatic heterocycles.